The molecule has 1 aromatic rings. The highest BCUT2D eigenvalue weighted by Crippen LogP contribution is 2.61. The van der Waals surface area contributed by atoms with E-state index in [2.05, 4.69) is 22.1 Å². The molecule has 4 aliphatic rings. The standard InChI is InChI=1S/C25H39N3O/c1-2-3-4-12-28(24(29)27-11-7-20-5-9-26-10-6-20)13-8-25-17-21-14-22(18-25)16-23(15-21)19-25/h5-6,9-10,21-23H,2-4,7-8,11-19H2,1H3,(H,27,29). The smallest absolute Gasteiger partial charge is 0.317 e. The third-order valence-corrected chi connectivity index (χ3v) is 7.84. The van der Waals surface area contributed by atoms with Crippen LogP contribution in [0.2, 0.25) is 0 Å². The summed E-state index contributed by atoms with van der Waals surface area (Å²) in [6.45, 7) is 4.78. The van der Waals surface area contributed by atoms with Gasteiger partial charge in [0, 0.05) is 32.0 Å². The highest BCUT2D eigenvalue weighted by atomic mass is 16.2. The zero-order valence-electron chi connectivity index (χ0n) is 18.2. The number of nitrogens with zero attached hydrogens (tertiary/aromatic N) is 2. The molecule has 0 atom stereocenters. The highest BCUT2D eigenvalue weighted by Gasteiger charge is 2.50. The molecule has 2 amide bonds. The Bertz CT molecular complexity index is 624. The Kier molecular flexibility index (Phi) is 6.77. The molecule has 160 valence electrons. The van der Waals surface area contributed by atoms with E-state index in [1.54, 1.807) is 0 Å². The van der Waals surface area contributed by atoms with Crippen LogP contribution in [0.25, 0.3) is 0 Å². The van der Waals surface area contributed by atoms with Crippen molar-refractivity contribution in [3.8, 4) is 0 Å². The first-order valence-corrected chi connectivity index (χ1v) is 12.1. The topological polar surface area (TPSA) is 45.2 Å². The van der Waals surface area contributed by atoms with Gasteiger partial charge in [-0.15, -0.1) is 0 Å². The molecule has 0 aliphatic heterocycles. The molecule has 4 bridgehead atoms. The van der Waals surface area contributed by atoms with Gasteiger partial charge >= 0.3 is 6.03 Å². The average Bonchev–Trinajstić information content (AvgIpc) is 2.70. The Morgan fingerprint density at radius 2 is 1.72 bits per heavy atom. The summed E-state index contributed by atoms with van der Waals surface area (Å²) in [5.41, 5.74) is 1.78. The predicted molar refractivity (Wildman–Crippen MR) is 118 cm³/mol. The summed E-state index contributed by atoms with van der Waals surface area (Å²) in [6, 6.07) is 4.19. The number of amides is 2. The number of pyridine rings is 1. The lowest BCUT2D eigenvalue weighted by atomic mass is 9.49. The molecule has 0 radical (unpaired) electrons. The van der Waals surface area contributed by atoms with Crippen molar-refractivity contribution in [2.45, 2.75) is 77.6 Å². The van der Waals surface area contributed by atoms with Gasteiger partial charge in [-0.3, -0.25) is 4.98 Å². The lowest BCUT2D eigenvalue weighted by Gasteiger charge is -2.57. The van der Waals surface area contributed by atoms with Gasteiger partial charge < -0.3 is 10.2 Å². The summed E-state index contributed by atoms with van der Waals surface area (Å²) in [6.07, 6.45) is 18.0. The molecule has 4 saturated carbocycles. The minimum absolute atomic E-state index is 0.139. The number of rotatable bonds is 10. The molecule has 4 heteroatoms. The Balaban J connectivity index is 1.29. The second-order valence-electron chi connectivity index (χ2n) is 10.2. The average molecular weight is 398 g/mol. The van der Waals surface area contributed by atoms with Crippen molar-refractivity contribution in [3.05, 3.63) is 30.1 Å². The van der Waals surface area contributed by atoms with Crippen molar-refractivity contribution >= 4 is 6.03 Å². The SMILES string of the molecule is CCCCCN(CCC12CC3CC(CC(C3)C1)C2)C(=O)NCCc1ccncc1. The van der Waals surface area contributed by atoms with Crippen LogP contribution in [0.3, 0.4) is 0 Å². The van der Waals surface area contributed by atoms with Crippen LogP contribution in [0, 0.1) is 23.2 Å². The van der Waals surface area contributed by atoms with Gasteiger partial charge in [0.2, 0.25) is 0 Å². The van der Waals surface area contributed by atoms with Crippen LogP contribution < -0.4 is 5.32 Å². The van der Waals surface area contributed by atoms with Crippen LogP contribution in [0.1, 0.15) is 76.7 Å². The maximum Gasteiger partial charge on any atom is 0.317 e. The molecule has 5 rings (SSSR count). The Morgan fingerprint density at radius 1 is 1.07 bits per heavy atom. The molecule has 4 nitrogen and oxygen atoms in total. The van der Waals surface area contributed by atoms with E-state index in [-0.39, 0.29) is 6.03 Å². The molecule has 1 aromatic heterocycles. The number of unbranched alkanes of at least 4 members (excludes halogenated alkanes) is 2. The molecule has 0 unspecified atom stereocenters. The summed E-state index contributed by atoms with van der Waals surface area (Å²) in [7, 11) is 0. The first-order valence-electron chi connectivity index (χ1n) is 12.1. The van der Waals surface area contributed by atoms with Crippen molar-refractivity contribution in [2.75, 3.05) is 19.6 Å². The molecule has 0 aromatic carbocycles. The van der Waals surface area contributed by atoms with Gasteiger partial charge in [-0.1, -0.05) is 19.8 Å². The Labute approximate surface area is 176 Å². The maximum atomic E-state index is 12.9. The summed E-state index contributed by atoms with van der Waals surface area (Å²) < 4.78 is 0. The van der Waals surface area contributed by atoms with Crippen LogP contribution in [-0.4, -0.2) is 35.5 Å². The van der Waals surface area contributed by atoms with Crippen LogP contribution in [0.5, 0.6) is 0 Å². The van der Waals surface area contributed by atoms with E-state index in [9.17, 15) is 4.79 Å². The fourth-order valence-corrected chi connectivity index (χ4v) is 6.81. The molecular weight excluding hydrogens is 358 g/mol. The number of hydrogen-bond acceptors (Lipinski definition) is 2. The van der Waals surface area contributed by atoms with Crippen LogP contribution in [-0.2, 0) is 6.42 Å². The number of carbonyl (C=O) groups excluding carboxylic acids is 1. The van der Waals surface area contributed by atoms with E-state index < -0.39 is 0 Å². The summed E-state index contributed by atoms with van der Waals surface area (Å²) in [4.78, 5) is 19.1. The fraction of sp³-hybridized carbons (Fsp3) is 0.760. The van der Waals surface area contributed by atoms with Gasteiger partial charge in [-0.05, 0) is 98.7 Å². The van der Waals surface area contributed by atoms with Crippen molar-refractivity contribution < 1.29 is 4.79 Å². The lowest BCUT2D eigenvalue weighted by molar-refractivity contribution is -0.0596. The van der Waals surface area contributed by atoms with Gasteiger partial charge in [-0.2, -0.15) is 0 Å². The third-order valence-electron chi connectivity index (χ3n) is 7.84. The van der Waals surface area contributed by atoms with Crippen LogP contribution in [0.15, 0.2) is 24.5 Å². The largest absolute Gasteiger partial charge is 0.338 e. The quantitative estimate of drug-likeness (QED) is 0.535. The summed E-state index contributed by atoms with van der Waals surface area (Å²) in [5.74, 6) is 2.97. The van der Waals surface area contributed by atoms with Gasteiger partial charge in [0.05, 0.1) is 0 Å². The first kappa shape index (κ1) is 20.7. The van der Waals surface area contributed by atoms with E-state index in [0.717, 1.165) is 43.7 Å². The second-order valence-corrected chi connectivity index (χ2v) is 10.2. The zero-order valence-corrected chi connectivity index (χ0v) is 18.2. The summed E-state index contributed by atoms with van der Waals surface area (Å²) >= 11 is 0. The van der Waals surface area contributed by atoms with Gasteiger partial charge in [0.15, 0.2) is 0 Å². The van der Waals surface area contributed by atoms with E-state index in [1.165, 1.54) is 63.4 Å². The van der Waals surface area contributed by atoms with Crippen molar-refractivity contribution in [3.63, 3.8) is 0 Å². The molecule has 29 heavy (non-hydrogen) atoms. The van der Waals surface area contributed by atoms with Crippen molar-refractivity contribution in [1.82, 2.24) is 15.2 Å². The lowest BCUT2D eigenvalue weighted by Crippen LogP contribution is -2.48. The third kappa shape index (κ3) is 5.32. The molecule has 1 N–H and O–H groups in total. The first-order chi connectivity index (χ1) is 14.2. The zero-order chi connectivity index (χ0) is 20.1. The van der Waals surface area contributed by atoms with Gasteiger partial charge in [0.1, 0.15) is 0 Å². The highest BCUT2D eigenvalue weighted by molar-refractivity contribution is 5.74. The molecule has 1 heterocycles. The minimum atomic E-state index is 0.139. The molecular formula is C25H39N3O. The van der Waals surface area contributed by atoms with Crippen molar-refractivity contribution in [2.24, 2.45) is 23.2 Å². The molecule has 0 saturated heterocycles. The predicted octanol–water partition coefficient (Wildman–Crippen LogP) is 5.43. The number of carbonyl (C=O) groups is 1. The second kappa shape index (κ2) is 9.49. The van der Waals surface area contributed by atoms with Gasteiger partial charge in [-0.25, -0.2) is 4.79 Å². The van der Waals surface area contributed by atoms with Crippen LogP contribution in [0.4, 0.5) is 4.79 Å². The maximum absolute atomic E-state index is 12.9. The van der Waals surface area contributed by atoms with Gasteiger partial charge in [0.25, 0.3) is 0 Å². The molecule has 4 fully saturated rings. The minimum Gasteiger partial charge on any atom is -0.338 e. The number of urea groups is 1. The summed E-state index contributed by atoms with van der Waals surface area (Å²) in [5, 5.41) is 3.18. The number of hydrogen-bond donors (Lipinski definition) is 1. The Morgan fingerprint density at radius 3 is 2.34 bits per heavy atom. The molecule has 0 spiro atoms. The van der Waals surface area contributed by atoms with E-state index in [4.69, 9.17) is 0 Å². The van der Waals surface area contributed by atoms with E-state index >= 15 is 0 Å². The van der Waals surface area contributed by atoms with Crippen LogP contribution >= 0.6 is 0 Å². The Hall–Kier alpha value is -1.58. The monoisotopic (exact) mass is 397 g/mol. The number of nitrogens with one attached hydrogen (secondary N) is 1. The van der Waals surface area contributed by atoms with E-state index in [0.29, 0.717) is 12.0 Å². The van der Waals surface area contributed by atoms with Crippen molar-refractivity contribution in [1.29, 1.82) is 0 Å². The molecule has 4 aliphatic carbocycles. The normalized spacial score (nSPS) is 29.8. The fourth-order valence-electron chi connectivity index (χ4n) is 6.81. The van der Waals surface area contributed by atoms with E-state index in [1.807, 2.05) is 24.5 Å². The number of aromatic nitrogens is 1.